The van der Waals surface area contributed by atoms with E-state index >= 15 is 0 Å². The van der Waals surface area contributed by atoms with E-state index in [0.717, 1.165) is 51.6 Å². The van der Waals surface area contributed by atoms with Crippen molar-refractivity contribution in [2.45, 2.75) is 51.0 Å². The van der Waals surface area contributed by atoms with Gasteiger partial charge < -0.3 is 29.3 Å². The first-order valence-electron chi connectivity index (χ1n) is 10.9. The lowest BCUT2D eigenvalue weighted by Crippen LogP contribution is -2.53. The van der Waals surface area contributed by atoms with Crippen LogP contribution in [0.1, 0.15) is 44.9 Å². The lowest BCUT2D eigenvalue weighted by molar-refractivity contribution is -0.150. The summed E-state index contributed by atoms with van der Waals surface area (Å²) in [5.41, 5.74) is 0. The summed E-state index contributed by atoms with van der Waals surface area (Å²) < 4.78 is 15.7. The molecule has 1 aliphatic rings. The van der Waals surface area contributed by atoms with E-state index in [1.54, 1.807) is 16.9 Å². The van der Waals surface area contributed by atoms with E-state index in [-0.39, 0.29) is 24.5 Å². The van der Waals surface area contributed by atoms with Crippen LogP contribution in [0.15, 0.2) is 0 Å². The molecule has 0 spiro atoms. The molecule has 1 unspecified atom stereocenters. The van der Waals surface area contributed by atoms with Crippen molar-refractivity contribution in [3.63, 3.8) is 0 Å². The van der Waals surface area contributed by atoms with E-state index in [2.05, 4.69) is 5.32 Å². The number of nitrogens with zero attached hydrogens (tertiary/aromatic N) is 2. The summed E-state index contributed by atoms with van der Waals surface area (Å²) in [5, 5.41) is 3.15. The van der Waals surface area contributed by atoms with Gasteiger partial charge in [0.2, 0.25) is 11.8 Å². The van der Waals surface area contributed by atoms with Crippen LogP contribution in [0.5, 0.6) is 0 Å². The molecule has 1 fully saturated rings. The maximum absolute atomic E-state index is 12.9. The molecule has 2 amide bonds. The lowest BCUT2D eigenvalue weighted by Gasteiger charge is -2.36. The maximum atomic E-state index is 12.9. The second-order valence-corrected chi connectivity index (χ2v) is 7.53. The molecule has 1 heterocycles. The Morgan fingerprint density at radius 2 is 1.76 bits per heavy atom. The molecule has 29 heavy (non-hydrogen) atoms. The number of methoxy groups -OCH3 is 1. The molecule has 1 atom stereocenters. The number of nitrogens with one attached hydrogen (secondary N) is 1. The van der Waals surface area contributed by atoms with Gasteiger partial charge in [-0.1, -0.05) is 12.8 Å². The third-order valence-electron chi connectivity index (χ3n) is 5.18. The van der Waals surface area contributed by atoms with Crippen molar-refractivity contribution in [2.24, 2.45) is 0 Å². The van der Waals surface area contributed by atoms with Gasteiger partial charge >= 0.3 is 0 Å². The Morgan fingerprint density at radius 3 is 2.52 bits per heavy atom. The van der Waals surface area contributed by atoms with Crippen molar-refractivity contribution in [1.82, 2.24) is 15.1 Å². The smallest absolute Gasteiger partial charge is 0.249 e. The number of piperidine rings is 1. The van der Waals surface area contributed by atoms with Gasteiger partial charge in [-0.2, -0.15) is 0 Å². The van der Waals surface area contributed by atoms with Crippen LogP contribution in [-0.2, 0) is 23.8 Å². The topological polar surface area (TPSA) is 80.3 Å². The van der Waals surface area contributed by atoms with E-state index in [9.17, 15) is 9.59 Å². The van der Waals surface area contributed by atoms with Crippen LogP contribution in [0.3, 0.4) is 0 Å². The van der Waals surface area contributed by atoms with Gasteiger partial charge in [-0.05, 0) is 45.7 Å². The largest absolute Gasteiger partial charge is 0.382 e. The minimum absolute atomic E-state index is 0.00735. The molecule has 1 rings (SSSR count). The average Bonchev–Trinajstić information content (AvgIpc) is 2.74. The maximum Gasteiger partial charge on any atom is 0.249 e. The van der Waals surface area contributed by atoms with Gasteiger partial charge in [-0.15, -0.1) is 0 Å². The van der Waals surface area contributed by atoms with Crippen molar-refractivity contribution in [1.29, 1.82) is 0 Å². The molecule has 0 aromatic rings. The third-order valence-corrected chi connectivity index (χ3v) is 5.18. The van der Waals surface area contributed by atoms with Crippen LogP contribution in [0.25, 0.3) is 0 Å². The van der Waals surface area contributed by atoms with Gasteiger partial charge in [0.25, 0.3) is 0 Å². The summed E-state index contributed by atoms with van der Waals surface area (Å²) in [7, 11) is 5.43. The second kappa shape index (κ2) is 16.6. The van der Waals surface area contributed by atoms with Gasteiger partial charge in [-0.25, -0.2) is 0 Å². The Kier molecular flexibility index (Phi) is 14.7. The summed E-state index contributed by atoms with van der Waals surface area (Å²) in [4.78, 5) is 29.0. The number of ether oxygens (including phenoxy) is 3. The zero-order valence-electron chi connectivity index (χ0n) is 18.6. The van der Waals surface area contributed by atoms with E-state index < -0.39 is 0 Å². The Labute approximate surface area is 176 Å². The molecule has 1 aliphatic heterocycles. The number of likely N-dealkylation sites (N-methyl/N-ethyl adjacent to an activating group) is 1. The highest BCUT2D eigenvalue weighted by molar-refractivity contribution is 5.88. The molecule has 0 radical (unpaired) electrons. The fourth-order valence-corrected chi connectivity index (χ4v) is 3.46. The minimum atomic E-state index is -0.355. The lowest BCUT2D eigenvalue weighted by atomic mass is 10.0. The number of hydrogen-bond acceptors (Lipinski definition) is 6. The summed E-state index contributed by atoms with van der Waals surface area (Å²) >= 11 is 0. The van der Waals surface area contributed by atoms with Crippen molar-refractivity contribution >= 4 is 11.8 Å². The van der Waals surface area contributed by atoms with Gasteiger partial charge in [0, 0.05) is 27.2 Å². The van der Waals surface area contributed by atoms with Gasteiger partial charge in [-0.3, -0.25) is 9.59 Å². The number of likely N-dealkylation sites (tertiary alicyclic amines) is 1. The third kappa shape index (κ3) is 10.9. The van der Waals surface area contributed by atoms with E-state index in [1.807, 2.05) is 14.1 Å². The Hall–Kier alpha value is -1.22. The van der Waals surface area contributed by atoms with E-state index in [0.29, 0.717) is 33.0 Å². The molecular formula is C21H41N3O5. The molecule has 0 aromatic carbocycles. The number of unbranched alkanes of at least 4 members (excludes halogenated alkanes) is 3. The molecule has 1 saturated heterocycles. The molecule has 0 saturated carbocycles. The molecule has 0 aromatic heterocycles. The highest BCUT2D eigenvalue weighted by Gasteiger charge is 2.33. The number of rotatable bonds is 16. The first-order chi connectivity index (χ1) is 14.1. The van der Waals surface area contributed by atoms with E-state index in [4.69, 9.17) is 14.2 Å². The first kappa shape index (κ1) is 25.8. The minimum Gasteiger partial charge on any atom is -0.382 e. The van der Waals surface area contributed by atoms with Crippen LogP contribution in [-0.4, -0.2) is 102 Å². The quantitative estimate of drug-likeness (QED) is 0.383. The molecule has 0 aliphatic carbocycles. The van der Waals surface area contributed by atoms with Crippen molar-refractivity contribution < 1.29 is 23.8 Å². The average molecular weight is 416 g/mol. The summed E-state index contributed by atoms with van der Waals surface area (Å²) in [6.07, 6.45) is 7.10. The molecular weight excluding hydrogens is 374 g/mol. The number of carbonyl (C=O) groups excluding carboxylic acids is 2. The Balaban J connectivity index is 2.33. The highest BCUT2D eigenvalue weighted by Crippen LogP contribution is 2.19. The van der Waals surface area contributed by atoms with Gasteiger partial charge in [0.15, 0.2) is 0 Å². The fourth-order valence-electron chi connectivity index (χ4n) is 3.46. The Morgan fingerprint density at radius 1 is 1.03 bits per heavy atom. The number of carbonyl (C=O) groups is 2. The van der Waals surface area contributed by atoms with Crippen molar-refractivity contribution in [3.05, 3.63) is 0 Å². The van der Waals surface area contributed by atoms with Crippen LogP contribution in [0, 0.1) is 0 Å². The molecule has 1 N–H and O–H groups in total. The molecule has 8 nitrogen and oxygen atoms in total. The zero-order valence-corrected chi connectivity index (χ0v) is 18.6. The normalized spacial score (nSPS) is 16.8. The second-order valence-electron chi connectivity index (χ2n) is 7.53. The summed E-state index contributed by atoms with van der Waals surface area (Å²) in [6.45, 7) is 4.23. The highest BCUT2D eigenvalue weighted by atomic mass is 16.5. The first-order valence-corrected chi connectivity index (χ1v) is 10.9. The van der Waals surface area contributed by atoms with Gasteiger partial charge in [0.05, 0.1) is 26.4 Å². The number of amides is 2. The van der Waals surface area contributed by atoms with Crippen LogP contribution in [0.4, 0.5) is 0 Å². The van der Waals surface area contributed by atoms with E-state index in [1.165, 1.54) is 6.42 Å². The van der Waals surface area contributed by atoms with Crippen molar-refractivity contribution in [2.75, 3.05) is 73.9 Å². The van der Waals surface area contributed by atoms with Gasteiger partial charge in [0.1, 0.15) is 12.6 Å². The Bertz CT molecular complexity index is 450. The summed E-state index contributed by atoms with van der Waals surface area (Å²) in [6, 6.07) is -0.355. The van der Waals surface area contributed by atoms with Crippen LogP contribution in [0.2, 0.25) is 0 Å². The number of hydrogen-bond donors (Lipinski definition) is 1. The SMILES string of the molecule is CNCCCCCCN(C)C(=O)C1CCCCN1C(=O)COCCOCCOC. The standard InChI is InChI=1S/C21H41N3O5/c1-22-11-7-4-5-8-12-23(2)21(26)19-10-6-9-13-24(19)20(25)18-29-17-16-28-15-14-27-3/h19,22H,4-18H2,1-3H3. The zero-order chi connectivity index (χ0) is 21.3. The predicted octanol–water partition coefficient (Wildman–Crippen LogP) is 1.29. The van der Waals surface area contributed by atoms with Crippen molar-refractivity contribution in [3.8, 4) is 0 Å². The molecule has 170 valence electrons. The summed E-state index contributed by atoms with van der Waals surface area (Å²) in [5.74, 6) is -0.0587. The monoisotopic (exact) mass is 415 g/mol. The fraction of sp³-hybridized carbons (Fsp3) is 0.905. The molecule has 8 heteroatoms. The van der Waals surface area contributed by atoms with Crippen LogP contribution < -0.4 is 5.32 Å². The molecule has 0 bridgehead atoms. The predicted molar refractivity (Wildman–Crippen MR) is 113 cm³/mol. The van der Waals surface area contributed by atoms with Crippen LogP contribution >= 0.6 is 0 Å².